The van der Waals surface area contributed by atoms with Crippen LogP contribution >= 0.6 is 0 Å². The molecule has 1 saturated heterocycles. The van der Waals surface area contributed by atoms with Crippen LogP contribution in [0.25, 0.3) is 0 Å². The van der Waals surface area contributed by atoms with Crippen LogP contribution in [0.2, 0.25) is 0 Å². The first-order chi connectivity index (χ1) is 8.29. The highest BCUT2D eigenvalue weighted by Gasteiger charge is 2.19. The van der Waals surface area contributed by atoms with Gasteiger partial charge in [-0.3, -0.25) is 0 Å². The zero-order valence-corrected chi connectivity index (χ0v) is 10.1. The molecule has 2 rings (SSSR count). The first kappa shape index (κ1) is 12.3. The molecule has 1 aliphatic rings. The summed E-state index contributed by atoms with van der Waals surface area (Å²) in [6.07, 6.45) is 4.12. The Hall–Kier alpha value is -1.13. The van der Waals surface area contributed by atoms with Crippen LogP contribution in [0.15, 0.2) is 18.3 Å². The zero-order chi connectivity index (χ0) is 12.1. The van der Waals surface area contributed by atoms with Crippen molar-refractivity contribution in [3.63, 3.8) is 0 Å². The van der Waals surface area contributed by atoms with E-state index in [4.69, 9.17) is 9.47 Å². The van der Waals surface area contributed by atoms with Gasteiger partial charge in [-0.05, 0) is 36.8 Å². The number of hydrogen-bond acceptors (Lipinski definition) is 4. The molecule has 0 amide bonds. The van der Waals surface area contributed by atoms with Gasteiger partial charge in [-0.25, -0.2) is 4.98 Å². The minimum absolute atomic E-state index is 0.434. The Balaban J connectivity index is 1.91. The van der Waals surface area contributed by atoms with Gasteiger partial charge in [0.25, 0.3) is 0 Å². The lowest BCUT2D eigenvalue weighted by molar-refractivity contribution is 0.0434. The van der Waals surface area contributed by atoms with Gasteiger partial charge in [0.05, 0.1) is 13.2 Å². The van der Waals surface area contributed by atoms with E-state index in [0.717, 1.165) is 38.0 Å². The van der Waals surface area contributed by atoms with Gasteiger partial charge >= 0.3 is 0 Å². The lowest BCUT2D eigenvalue weighted by Gasteiger charge is -2.24. The summed E-state index contributed by atoms with van der Waals surface area (Å²) in [6.45, 7) is 1.64. The fourth-order valence-corrected chi connectivity index (χ4v) is 2.14. The van der Waals surface area contributed by atoms with E-state index in [9.17, 15) is 5.11 Å². The number of rotatable bonds is 4. The largest absolute Gasteiger partial charge is 0.481 e. The quantitative estimate of drug-likeness (QED) is 0.869. The summed E-state index contributed by atoms with van der Waals surface area (Å²) in [4.78, 5) is 4.10. The number of nitrogens with zero attached hydrogens (tertiary/aromatic N) is 1. The first-order valence-electron chi connectivity index (χ1n) is 6.05. The third kappa shape index (κ3) is 3.41. The van der Waals surface area contributed by atoms with Crippen LogP contribution in [0.3, 0.4) is 0 Å². The molecule has 1 atom stereocenters. The molecule has 17 heavy (non-hydrogen) atoms. The Bertz CT molecular complexity index is 333. The summed E-state index contributed by atoms with van der Waals surface area (Å²) in [7, 11) is 1.58. The number of aliphatic hydroxyl groups is 1. The van der Waals surface area contributed by atoms with E-state index in [2.05, 4.69) is 4.98 Å². The fourth-order valence-electron chi connectivity index (χ4n) is 2.14. The Labute approximate surface area is 102 Å². The summed E-state index contributed by atoms with van der Waals surface area (Å²) in [5.41, 5.74) is 0.859. The number of methoxy groups -OCH3 is 1. The monoisotopic (exact) mass is 237 g/mol. The third-order valence-corrected chi connectivity index (χ3v) is 3.25. The molecule has 1 aromatic rings. The Morgan fingerprint density at radius 3 is 2.82 bits per heavy atom. The van der Waals surface area contributed by atoms with Crippen LogP contribution in [-0.4, -0.2) is 30.4 Å². The molecular weight excluding hydrogens is 218 g/mol. The molecule has 0 aromatic carbocycles. The van der Waals surface area contributed by atoms with E-state index >= 15 is 0 Å². The van der Waals surface area contributed by atoms with Crippen molar-refractivity contribution in [1.29, 1.82) is 0 Å². The van der Waals surface area contributed by atoms with Crippen LogP contribution < -0.4 is 4.74 Å². The molecule has 0 saturated carbocycles. The Kier molecular flexibility index (Phi) is 4.34. The van der Waals surface area contributed by atoms with Crippen LogP contribution in [0.1, 0.15) is 30.9 Å². The van der Waals surface area contributed by atoms with Crippen molar-refractivity contribution in [2.24, 2.45) is 5.92 Å². The molecule has 1 aromatic heterocycles. The van der Waals surface area contributed by atoms with E-state index in [0.29, 0.717) is 11.8 Å². The van der Waals surface area contributed by atoms with Crippen molar-refractivity contribution in [3.8, 4) is 5.88 Å². The second kappa shape index (κ2) is 5.98. The highest BCUT2D eigenvalue weighted by atomic mass is 16.5. The molecule has 1 unspecified atom stereocenters. The van der Waals surface area contributed by atoms with Crippen LogP contribution in [-0.2, 0) is 4.74 Å². The maximum absolute atomic E-state index is 10.1. The predicted octanol–water partition coefficient (Wildman–Crippen LogP) is 1.94. The minimum atomic E-state index is -0.434. The van der Waals surface area contributed by atoms with E-state index in [1.807, 2.05) is 6.07 Å². The number of pyridine rings is 1. The Morgan fingerprint density at radius 1 is 1.47 bits per heavy atom. The van der Waals surface area contributed by atoms with E-state index < -0.39 is 6.10 Å². The van der Waals surface area contributed by atoms with Gasteiger partial charge in [0.15, 0.2) is 0 Å². The molecule has 0 bridgehead atoms. The number of hydrogen-bond donors (Lipinski definition) is 1. The van der Waals surface area contributed by atoms with Crippen molar-refractivity contribution < 1.29 is 14.6 Å². The highest BCUT2D eigenvalue weighted by Crippen LogP contribution is 2.27. The predicted molar refractivity (Wildman–Crippen MR) is 63.9 cm³/mol. The van der Waals surface area contributed by atoms with Gasteiger partial charge in [-0.15, -0.1) is 0 Å². The second-order valence-corrected chi connectivity index (χ2v) is 4.44. The van der Waals surface area contributed by atoms with Crippen LogP contribution in [0.5, 0.6) is 5.88 Å². The molecule has 0 spiro atoms. The highest BCUT2D eigenvalue weighted by molar-refractivity contribution is 5.19. The number of aromatic nitrogens is 1. The third-order valence-electron chi connectivity index (χ3n) is 3.25. The topological polar surface area (TPSA) is 51.6 Å². The van der Waals surface area contributed by atoms with Crippen molar-refractivity contribution in [3.05, 3.63) is 23.9 Å². The lowest BCUT2D eigenvalue weighted by Crippen LogP contribution is -2.18. The van der Waals surface area contributed by atoms with Crippen molar-refractivity contribution in [2.45, 2.75) is 25.4 Å². The minimum Gasteiger partial charge on any atom is -0.481 e. The summed E-state index contributed by atoms with van der Waals surface area (Å²) in [5, 5.41) is 10.1. The average Bonchev–Trinajstić information content (AvgIpc) is 2.40. The zero-order valence-electron chi connectivity index (χ0n) is 10.1. The molecule has 1 aliphatic heterocycles. The smallest absolute Gasteiger partial charge is 0.212 e. The second-order valence-electron chi connectivity index (χ2n) is 4.44. The van der Waals surface area contributed by atoms with Gasteiger partial charge in [0, 0.05) is 25.5 Å². The molecule has 94 valence electrons. The van der Waals surface area contributed by atoms with Gasteiger partial charge in [-0.2, -0.15) is 0 Å². The molecular formula is C13H19NO3. The molecule has 0 radical (unpaired) electrons. The normalized spacial score (nSPS) is 18.9. The Morgan fingerprint density at radius 2 is 2.24 bits per heavy atom. The van der Waals surface area contributed by atoms with Gasteiger partial charge < -0.3 is 14.6 Å². The molecule has 0 aliphatic carbocycles. The van der Waals surface area contributed by atoms with Crippen molar-refractivity contribution in [1.82, 2.24) is 4.98 Å². The van der Waals surface area contributed by atoms with Crippen molar-refractivity contribution in [2.75, 3.05) is 20.3 Å². The molecule has 2 heterocycles. The lowest BCUT2D eigenvalue weighted by atomic mass is 9.91. The average molecular weight is 237 g/mol. The van der Waals surface area contributed by atoms with E-state index in [1.54, 1.807) is 19.4 Å². The summed E-state index contributed by atoms with van der Waals surface area (Å²) < 4.78 is 10.3. The van der Waals surface area contributed by atoms with E-state index in [-0.39, 0.29) is 0 Å². The number of ether oxygens (including phenoxy) is 2. The summed E-state index contributed by atoms with van der Waals surface area (Å²) >= 11 is 0. The molecule has 1 N–H and O–H groups in total. The van der Waals surface area contributed by atoms with Gasteiger partial charge in [-0.1, -0.05) is 0 Å². The first-order valence-corrected chi connectivity index (χ1v) is 6.05. The van der Waals surface area contributed by atoms with Gasteiger partial charge in [0.1, 0.15) is 0 Å². The summed E-state index contributed by atoms with van der Waals surface area (Å²) in [6, 6.07) is 3.65. The summed E-state index contributed by atoms with van der Waals surface area (Å²) in [5.74, 6) is 1.13. The maximum Gasteiger partial charge on any atom is 0.212 e. The van der Waals surface area contributed by atoms with Gasteiger partial charge in [0.2, 0.25) is 5.88 Å². The molecule has 4 nitrogen and oxygen atoms in total. The standard InChI is InChI=1S/C13H19NO3/c1-16-13-3-2-11(9-14-13)12(15)8-10-4-6-17-7-5-10/h2-3,9-10,12,15H,4-8H2,1H3. The SMILES string of the molecule is COc1ccc(C(O)CC2CCOCC2)cn1. The number of aliphatic hydroxyl groups excluding tert-OH is 1. The van der Waals surface area contributed by atoms with Crippen LogP contribution in [0.4, 0.5) is 0 Å². The fraction of sp³-hybridized carbons (Fsp3) is 0.615. The maximum atomic E-state index is 10.1. The molecule has 1 fully saturated rings. The van der Waals surface area contributed by atoms with Crippen LogP contribution in [0, 0.1) is 5.92 Å². The molecule has 4 heteroatoms. The van der Waals surface area contributed by atoms with Crippen molar-refractivity contribution >= 4 is 0 Å². The van der Waals surface area contributed by atoms with E-state index in [1.165, 1.54) is 0 Å².